The van der Waals surface area contributed by atoms with Crippen molar-refractivity contribution in [1.82, 2.24) is 9.55 Å². The van der Waals surface area contributed by atoms with E-state index in [4.69, 9.17) is 0 Å². The molecule has 0 amide bonds. The lowest BCUT2D eigenvalue weighted by Gasteiger charge is -2.03. The average molecular weight is 258 g/mol. The van der Waals surface area contributed by atoms with Crippen LogP contribution in [0.2, 0.25) is 0 Å². The fraction of sp³-hybridized carbons (Fsp3) is 0.333. The molecular weight excluding hydrogens is 240 g/mol. The first kappa shape index (κ1) is 13.3. The third-order valence-electron chi connectivity index (χ3n) is 3.33. The van der Waals surface area contributed by atoms with Crippen LogP contribution in [0.4, 0.5) is 0 Å². The molecule has 0 aliphatic heterocycles. The van der Waals surface area contributed by atoms with Crippen LogP contribution in [0.1, 0.15) is 33.1 Å². The topological polar surface area (TPSA) is 55.1 Å². The minimum absolute atomic E-state index is 0.296. The molecule has 19 heavy (non-hydrogen) atoms. The third-order valence-corrected chi connectivity index (χ3v) is 3.33. The van der Waals surface area contributed by atoms with Gasteiger partial charge in [0, 0.05) is 7.05 Å². The van der Waals surface area contributed by atoms with Gasteiger partial charge in [0.2, 0.25) is 0 Å². The summed E-state index contributed by atoms with van der Waals surface area (Å²) < 4.78 is 1.63. The van der Waals surface area contributed by atoms with Crippen LogP contribution < -0.4 is 0 Å². The molecule has 0 unspecified atom stereocenters. The molecule has 1 aromatic carbocycles. The second kappa shape index (κ2) is 5.26. The Bertz CT molecular complexity index is 615. The number of aromatic carboxylic acids is 1. The first-order chi connectivity index (χ1) is 8.99. The SMILES string of the molecule is Cc1cccc(CCc2nc(C)n(C)c2C(=O)O)c1. The molecule has 100 valence electrons. The number of aromatic nitrogens is 2. The van der Waals surface area contributed by atoms with E-state index in [1.807, 2.05) is 13.0 Å². The third kappa shape index (κ3) is 2.84. The van der Waals surface area contributed by atoms with Crippen molar-refractivity contribution >= 4 is 5.97 Å². The van der Waals surface area contributed by atoms with Crippen molar-refractivity contribution in [3.63, 3.8) is 0 Å². The summed E-state index contributed by atoms with van der Waals surface area (Å²) in [5.74, 6) is -0.181. The van der Waals surface area contributed by atoms with Gasteiger partial charge in [0.25, 0.3) is 0 Å². The van der Waals surface area contributed by atoms with Gasteiger partial charge < -0.3 is 9.67 Å². The lowest BCUT2D eigenvalue weighted by atomic mass is 10.1. The molecule has 1 N–H and O–H groups in total. The number of benzene rings is 1. The van der Waals surface area contributed by atoms with Gasteiger partial charge in [0.05, 0.1) is 5.69 Å². The van der Waals surface area contributed by atoms with Crippen molar-refractivity contribution in [1.29, 1.82) is 0 Å². The van der Waals surface area contributed by atoms with Crippen molar-refractivity contribution in [2.45, 2.75) is 26.7 Å². The molecule has 2 aromatic rings. The Labute approximate surface area is 112 Å². The first-order valence-corrected chi connectivity index (χ1v) is 6.30. The summed E-state index contributed by atoms with van der Waals surface area (Å²) in [6.45, 7) is 3.87. The molecule has 0 spiro atoms. The largest absolute Gasteiger partial charge is 0.477 e. The highest BCUT2D eigenvalue weighted by Crippen LogP contribution is 2.14. The van der Waals surface area contributed by atoms with E-state index in [2.05, 4.69) is 30.1 Å². The van der Waals surface area contributed by atoms with Crippen molar-refractivity contribution in [2.24, 2.45) is 7.05 Å². The van der Waals surface area contributed by atoms with Crippen molar-refractivity contribution in [3.05, 3.63) is 52.6 Å². The quantitative estimate of drug-likeness (QED) is 0.916. The highest BCUT2D eigenvalue weighted by atomic mass is 16.4. The normalized spacial score (nSPS) is 10.7. The van der Waals surface area contributed by atoms with Crippen LogP contribution >= 0.6 is 0 Å². The number of carboxylic acids is 1. The molecule has 1 heterocycles. The Morgan fingerprint density at radius 1 is 1.32 bits per heavy atom. The predicted octanol–water partition coefficient (Wildman–Crippen LogP) is 2.52. The second-order valence-electron chi connectivity index (χ2n) is 4.81. The summed E-state index contributed by atoms with van der Waals surface area (Å²) >= 11 is 0. The number of nitrogens with zero attached hydrogens (tertiary/aromatic N) is 2. The van der Waals surface area contributed by atoms with E-state index in [9.17, 15) is 9.90 Å². The Balaban J connectivity index is 2.20. The van der Waals surface area contributed by atoms with Crippen LogP contribution in [0.3, 0.4) is 0 Å². The Morgan fingerprint density at radius 2 is 2.05 bits per heavy atom. The van der Waals surface area contributed by atoms with Gasteiger partial charge in [-0.05, 0) is 32.3 Å². The maximum Gasteiger partial charge on any atom is 0.354 e. The summed E-state index contributed by atoms with van der Waals surface area (Å²) in [5.41, 5.74) is 3.38. The van der Waals surface area contributed by atoms with E-state index in [0.717, 1.165) is 12.2 Å². The monoisotopic (exact) mass is 258 g/mol. The van der Waals surface area contributed by atoms with E-state index in [-0.39, 0.29) is 0 Å². The Hall–Kier alpha value is -2.10. The molecule has 2 rings (SSSR count). The molecule has 0 saturated heterocycles. The summed E-state index contributed by atoms with van der Waals surface area (Å²) in [5, 5.41) is 9.24. The lowest BCUT2D eigenvalue weighted by molar-refractivity contribution is 0.0685. The molecule has 0 fully saturated rings. The first-order valence-electron chi connectivity index (χ1n) is 6.30. The maximum absolute atomic E-state index is 11.3. The number of rotatable bonds is 4. The smallest absolute Gasteiger partial charge is 0.354 e. The summed E-state index contributed by atoms with van der Waals surface area (Å²) in [6.07, 6.45) is 1.45. The standard InChI is InChI=1S/C15H18N2O2/c1-10-5-4-6-12(9-10)7-8-13-14(15(18)19)17(3)11(2)16-13/h4-6,9H,7-8H2,1-3H3,(H,18,19). The van der Waals surface area contributed by atoms with Crippen molar-refractivity contribution in [3.8, 4) is 0 Å². The van der Waals surface area contributed by atoms with E-state index in [0.29, 0.717) is 17.8 Å². The molecule has 1 aromatic heterocycles. The number of hydrogen-bond acceptors (Lipinski definition) is 2. The van der Waals surface area contributed by atoms with Crippen LogP contribution in [0, 0.1) is 13.8 Å². The van der Waals surface area contributed by atoms with Gasteiger partial charge in [-0.15, -0.1) is 0 Å². The molecule has 0 saturated carbocycles. The average Bonchev–Trinajstić information content (AvgIpc) is 2.63. The van der Waals surface area contributed by atoms with E-state index in [1.165, 1.54) is 11.1 Å². The van der Waals surface area contributed by atoms with Crippen LogP contribution in [-0.4, -0.2) is 20.6 Å². The molecule has 4 heteroatoms. The summed E-state index contributed by atoms with van der Waals surface area (Å²) in [6, 6.07) is 8.25. The van der Waals surface area contributed by atoms with Crippen LogP contribution in [0.15, 0.2) is 24.3 Å². The molecule has 0 radical (unpaired) electrons. The molecular formula is C15H18N2O2. The highest BCUT2D eigenvalue weighted by molar-refractivity contribution is 5.87. The van der Waals surface area contributed by atoms with Gasteiger partial charge in [-0.3, -0.25) is 0 Å². The maximum atomic E-state index is 11.3. The minimum atomic E-state index is -0.914. The molecule has 0 bridgehead atoms. The fourth-order valence-corrected chi connectivity index (χ4v) is 2.25. The predicted molar refractivity (Wildman–Crippen MR) is 73.5 cm³/mol. The lowest BCUT2D eigenvalue weighted by Crippen LogP contribution is -2.08. The van der Waals surface area contributed by atoms with Gasteiger partial charge in [-0.2, -0.15) is 0 Å². The molecule has 0 aliphatic rings. The van der Waals surface area contributed by atoms with E-state index in [1.54, 1.807) is 11.6 Å². The Kier molecular flexibility index (Phi) is 3.69. The van der Waals surface area contributed by atoms with Crippen LogP contribution in [0.25, 0.3) is 0 Å². The van der Waals surface area contributed by atoms with E-state index < -0.39 is 5.97 Å². The van der Waals surface area contributed by atoms with Crippen molar-refractivity contribution in [2.75, 3.05) is 0 Å². The van der Waals surface area contributed by atoms with Crippen LogP contribution in [0.5, 0.6) is 0 Å². The van der Waals surface area contributed by atoms with E-state index >= 15 is 0 Å². The molecule has 0 atom stereocenters. The Morgan fingerprint density at radius 3 is 2.68 bits per heavy atom. The zero-order valence-corrected chi connectivity index (χ0v) is 11.5. The second-order valence-corrected chi connectivity index (χ2v) is 4.81. The summed E-state index contributed by atoms with van der Waals surface area (Å²) in [7, 11) is 1.74. The zero-order chi connectivity index (χ0) is 14.0. The zero-order valence-electron chi connectivity index (χ0n) is 11.5. The number of hydrogen-bond donors (Lipinski definition) is 1. The van der Waals surface area contributed by atoms with Crippen LogP contribution in [-0.2, 0) is 19.9 Å². The summed E-state index contributed by atoms with van der Waals surface area (Å²) in [4.78, 5) is 15.6. The minimum Gasteiger partial charge on any atom is -0.477 e. The number of carbonyl (C=O) groups is 1. The van der Waals surface area contributed by atoms with Gasteiger partial charge in [0.1, 0.15) is 11.5 Å². The molecule has 0 aliphatic carbocycles. The number of carboxylic acid groups (broad SMARTS) is 1. The van der Waals surface area contributed by atoms with Gasteiger partial charge >= 0.3 is 5.97 Å². The number of aryl methyl sites for hydroxylation is 4. The van der Waals surface area contributed by atoms with Gasteiger partial charge in [0.15, 0.2) is 0 Å². The van der Waals surface area contributed by atoms with Gasteiger partial charge in [-0.25, -0.2) is 9.78 Å². The highest BCUT2D eigenvalue weighted by Gasteiger charge is 2.18. The fourth-order valence-electron chi connectivity index (χ4n) is 2.25. The molecule has 4 nitrogen and oxygen atoms in total. The number of imidazole rings is 1. The van der Waals surface area contributed by atoms with Crippen molar-refractivity contribution < 1.29 is 9.90 Å². The van der Waals surface area contributed by atoms with Gasteiger partial charge in [-0.1, -0.05) is 29.8 Å².